The Morgan fingerprint density at radius 3 is 1.11 bits per heavy atom. The summed E-state index contributed by atoms with van der Waals surface area (Å²) in [6, 6.07) is 76.2. The van der Waals surface area contributed by atoms with E-state index in [2.05, 4.69) is 249 Å². The SMILES string of the molecule is [C-]#[N+]c1c(C#N)c(-n2c3ccccc3c3cc4c(cc32)-c2ccccc2C4(C)C)c(-n2c3ccccc3c3ccccc32)c(-n2c3ccccc3c3ccccc32)c1-n1c2ccccc2c2ccccc21. The first-order chi connectivity index (χ1) is 35.0. The van der Waals surface area contributed by atoms with Crippen LogP contribution in [0.5, 0.6) is 0 Å². The number of benzene rings is 10. The van der Waals surface area contributed by atoms with Gasteiger partial charge >= 0.3 is 0 Å². The molecule has 1 aliphatic rings. The lowest BCUT2D eigenvalue weighted by atomic mass is 9.82. The minimum atomic E-state index is -0.236. The van der Waals surface area contributed by atoms with Crippen LogP contribution in [-0.2, 0) is 5.41 Å². The maximum Gasteiger partial charge on any atom is 0.232 e. The minimum absolute atomic E-state index is 0.236. The highest BCUT2D eigenvalue weighted by molar-refractivity contribution is 6.17. The Kier molecular flexibility index (Phi) is 7.88. The lowest BCUT2D eigenvalue weighted by Gasteiger charge is -2.28. The Morgan fingerprint density at radius 2 is 0.704 bits per heavy atom. The summed E-state index contributed by atoms with van der Waals surface area (Å²) in [6.45, 7) is 14.2. The number of fused-ring (bicyclic) bond motifs is 15. The molecule has 15 rings (SSSR count). The van der Waals surface area contributed by atoms with Crippen LogP contribution in [0.2, 0.25) is 0 Å². The van der Waals surface area contributed by atoms with E-state index >= 15 is 0 Å². The highest BCUT2D eigenvalue weighted by Crippen LogP contribution is 2.54. The van der Waals surface area contributed by atoms with Crippen molar-refractivity contribution >= 4 is 92.9 Å². The van der Waals surface area contributed by atoms with Crippen LogP contribution in [-0.4, -0.2) is 18.3 Å². The van der Waals surface area contributed by atoms with E-state index < -0.39 is 0 Å². The van der Waals surface area contributed by atoms with E-state index in [-0.39, 0.29) is 11.1 Å². The van der Waals surface area contributed by atoms with Gasteiger partial charge in [0.2, 0.25) is 5.69 Å². The molecule has 0 bridgehead atoms. The third-order valence-corrected chi connectivity index (χ3v) is 15.6. The van der Waals surface area contributed by atoms with Crippen LogP contribution in [0.1, 0.15) is 30.5 Å². The fourth-order valence-electron chi connectivity index (χ4n) is 12.6. The first-order valence-corrected chi connectivity index (χ1v) is 24.1. The molecule has 10 aromatic carbocycles. The van der Waals surface area contributed by atoms with Gasteiger partial charge in [0.25, 0.3) is 0 Å². The zero-order valence-corrected chi connectivity index (χ0v) is 38.8. The number of para-hydroxylation sites is 7. The monoisotopic (exact) mass is 904 g/mol. The number of nitrogens with zero attached hydrogens (tertiary/aromatic N) is 6. The molecule has 0 unspecified atom stereocenters. The van der Waals surface area contributed by atoms with Gasteiger partial charge in [0.05, 0.1) is 85.1 Å². The molecular weight excluding hydrogens is 865 g/mol. The van der Waals surface area contributed by atoms with E-state index in [0.717, 1.165) is 98.6 Å². The molecule has 330 valence electrons. The van der Waals surface area contributed by atoms with E-state index in [1.54, 1.807) is 0 Å². The fourth-order valence-corrected chi connectivity index (χ4v) is 12.6. The van der Waals surface area contributed by atoms with Crippen LogP contribution in [0, 0.1) is 17.9 Å². The van der Waals surface area contributed by atoms with Gasteiger partial charge in [0.15, 0.2) is 0 Å². The van der Waals surface area contributed by atoms with Gasteiger partial charge in [-0.05, 0) is 76.9 Å². The summed E-state index contributed by atoms with van der Waals surface area (Å²) >= 11 is 0. The average Bonchev–Trinajstić information content (AvgIpc) is 4.19. The summed E-state index contributed by atoms with van der Waals surface area (Å²) in [6.07, 6.45) is 0. The van der Waals surface area contributed by atoms with Crippen molar-refractivity contribution in [2.75, 3.05) is 0 Å². The zero-order valence-electron chi connectivity index (χ0n) is 38.8. The number of hydrogen-bond acceptors (Lipinski definition) is 1. The predicted octanol–water partition coefficient (Wildman–Crippen LogP) is 16.8. The molecule has 0 N–H and O–H groups in total. The normalized spacial score (nSPS) is 13.0. The van der Waals surface area contributed by atoms with Gasteiger partial charge in [-0.15, -0.1) is 0 Å². The topological polar surface area (TPSA) is 47.9 Å². The summed E-state index contributed by atoms with van der Waals surface area (Å²) in [5.41, 5.74) is 15.9. The van der Waals surface area contributed by atoms with Gasteiger partial charge in [-0.2, -0.15) is 5.26 Å². The summed E-state index contributed by atoms with van der Waals surface area (Å²) in [4.78, 5) is 4.60. The van der Waals surface area contributed by atoms with Gasteiger partial charge in [0, 0.05) is 48.5 Å². The maximum atomic E-state index is 12.3. The van der Waals surface area contributed by atoms with Crippen molar-refractivity contribution < 1.29 is 0 Å². The highest BCUT2D eigenvalue weighted by atomic mass is 15.2. The molecular formula is C65H40N6. The minimum Gasteiger partial charge on any atom is -0.317 e. The van der Waals surface area contributed by atoms with Crippen LogP contribution in [0.4, 0.5) is 5.69 Å². The quantitative estimate of drug-likeness (QED) is 0.162. The van der Waals surface area contributed by atoms with Crippen molar-refractivity contribution in [2.45, 2.75) is 19.3 Å². The standard InChI is InChI=1S/C65H40N6/c1-65(2)50-28-12-4-20-39(50)47-37-59-48(36-51(47)65)46-27-11-19-35-58(46)71(59)61-49(38-66)60(67-3)62(68-52-29-13-5-21-40(52)41-22-6-14-30-53(41)68)64(70-56-33-17-9-25-44(56)45-26-10-18-34-57(45)70)63(61)69-54-31-15-7-23-42(54)43-24-8-16-32-55(43)69/h4-37H,1-2H3. The van der Waals surface area contributed by atoms with Crippen molar-refractivity contribution in [3.8, 4) is 39.9 Å². The molecule has 6 heteroatoms. The molecule has 4 aromatic heterocycles. The molecule has 0 fully saturated rings. The summed E-state index contributed by atoms with van der Waals surface area (Å²) < 4.78 is 9.35. The molecule has 0 saturated carbocycles. The molecule has 0 spiro atoms. The number of rotatable bonds is 4. The lowest BCUT2D eigenvalue weighted by molar-refractivity contribution is 0.661. The van der Waals surface area contributed by atoms with Crippen LogP contribution < -0.4 is 0 Å². The average molecular weight is 905 g/mol. The molecule has 0 radical (unpaired) electrons. The second-order valence-electron chi connectivity index (χ2n) is 19.4. The lowest BCUT2D eigenvalue weighted by Crippen LogP contribution is -2.15. The van der Waals surface area contributed by atoms with Crippen LogP contribution in [0.3, 0.4) is 0 Å². The Bertz CT molecular complexity index is 4600. The first-order valence-electron chi connectivity index (χ1n) is 24.1. The summed E-state index contributed by atoms with van der Waals surface area (Å²) in [7, 11) is 0. The number of hydrogen-bond donors (Lipinski definition) is 0. The second-order valence-corrected chi connectivity index (χ2v) is 19.4. The van der Waals surface area contributed by atoms with Crippen LogP contribution in [0.25, 0.3) is 126 Å². The molecule has 0 amide bonds. The summed E-state index contributed by atoms with van der Waals surface area (Å²) in [5, 5.41) is 20.9. The van der Waals surface area contributed by atoms with Gasteiger partial charge in [-0.3, -0.25) is 0 Å². The van der Waals surface area contributed by atoms with Crippen molar-refractivity contribution in [3.63, 3.8) is 0 Å². The predicted molar refractivity (Wildman–Crippen MR) is 292 cm³/mol. The fraction of sp³-hybridized carbons (Fsp3) is 0.0462. The molecule has 14 aromatic rings. The third-order valence-electron chi connectivity index (χ3n) is 15.6. The zero-order chi connectivity index (χ0) is 47.3. The van der Waals surface area contributed by atoms with Gasteiger partial charge in [-0.1, -0.05) is 166 Å². The van der Waals surface area contributed by atoms with E-state index in [9.17, 15) is 11.8 Å². The molecule has 4 heterocycles. The second kappa shape index (κ2) is 14.2. The molecule has 0 atom stereocenters. The smallest absolute Gasteiger partial charge is 0.232 e. The van der Waals surface area contributed by atoms with Crippen LogP contribution >= 0.6 is 0 Å². The first kappa shape index (κ1) is 39.4. The van der Waals surface area contributed by atoms with E-state index in [0.29, 0.717) is 16.9 Å². The number of aromatic nitrogens is 4. The van der Waals surface area contributed by atoms with Crippen molar-refractivity contribution in [1.29, 1.82) is 5.26 Å². The van der Waals surface area contributed by atoms with Crippen molar-refractivity contribution in [1.82, 2.24) is 18.3 Å². The van der Waals surface area contributed by atoms with Crippen LogP contribution in [0.15, 0.2) is 206 Å². The van der Waals surface area contributed by atoms with Gasteiger partial charge in [0.1, 0.15) is 0 Å². The molecule has 1 aliphatic carbocycles. The van der Waals surface area contributed by atoms with Gasteiger partial charge < -0.3 is 18.3 Å². The third kappa shape index (κ3) is 5.02. The van der Waals surface area contributed by atoms with E-state index in [4.69, 9.17) is 0 Å². The van der Waals surface area contributed by atoms with Gasteiger partial charge in [-0.25, -0.2) is 4.85 Å². The summed E-state index contributed by atoms with van der Waals surface area (Å²) in [5.74, 6) is 0. The molecule has 71 heavy (non-hydrogen) atoms. The molecule has 0 saturated heterocycles. The Hall–Kier alpha value is -9.62. The van der Waals surface area contributed by atoms with Crippen molar-refractivity contribution in [2.24, 2.45) is 0 Å². The van der Waals surface area contributed by atoms with E-state index in [1.807, 2.05) is 0 Å². The maximum absolute atomic E-state index is 12.3. The Morgan fingerprint density at radius 1 is 0.366 bits per heavy atom. The largest absolute Gasteiger partial charge is 0.317 e. The molecule has 0 aliphatic heterocycles. The van der Waals surface area contributed by atoms with Crippen molar-refractivity contribution in [3.05, 3.63) is 234 Å². The Balaban J connectivity index is 1.27. The number of nitriles is 1. The Labute approximate surface area is 408 Å². The highest BCUT2D eigenvalue weighted by Gasteiger charge is 2.38. The molecule has 6 nitrogen and oxygen atoms in total. The van der Waals surface area contributed by atoms with E-state index in [1.165, 1.54) is 22.3 Å².